The van der Waals surface area contributed by atoms with Crippen molar-refractivity contribution in [1.82, 2.24) is 9.78 Å². The minimum absolute atomic E-state index is 0.757. The Kier molecular flexibility index (Phi) is 2.20. The summed E-state index contributed by atoms with van der Waals surface area (Å²) in [5.41, 5.74) is 4.22. The Morgan fingerprint density at radius 3 is 3.12 bits per heavy atom. The molecule has 1 aliphatic rings. The van der Waals surface area contributed by atoms with Gasteiger partial charge in [-0.05, 0) is 35.6 Å². The number of hydrogen-bond acceptors (Lipinski definition) is 2. The molecule has 0 N–H and O–H groups in total. The van der Waals surface area contributed by atoms with Gasteiger partial charge >= 0.3 is 0 Å². The second kappa shape index (κ2) is 3.61. The van der Waals surface area contributed by atoms with E-state index in [9.17, 15) is 0 Å². The van der Waals surface area contributed by atoms with Crippen molar-refractivity contribution in [3.8, 4) is 6.07 Å². The highest BCUT2D eigenvalue weighted by atomic mass is 35.5. The summed E-state index contributed by atoms with van der Waals surface area (Å²) < 4.78 is 1.78. The summed E-state index contributed by atoms with van der Waals surface area (Å²) in [6, 6.07) is 4.02. The lowest BCUT2D eigenvalue weighted by Gasteiger charge is -2.03. The van der Waals surface area contributed by atoms with Crippen LogP contribution in [0.2, 0.25) is 5.02 Å². The summed E-state index contributed by atoms with van der Waals surface area (Å²) >= 11 is 6.26. The quantitative estimate of drug-likeness (QED) is 0.668. The third-order valence-electron chi connectivity index (χ3n) is 3.18. The van der Waals surface area contributed by atoms with Crippen molar-refractivity contribution in [3.63, 3.8) is 0 Å². The summed E-state index contributed by atoms with van der Waals surface area (Å²) in [6.07, 6.45) is 5.40. The van der Waals surface area contributed by atoms with Gasteiger partial charge < -0.3 is 0 Å². The predicted octanol–water partition coefficient (Wildman–Crippen LogP) is 3.08. The van der Waals surface area contributed by atoms with Gasteiger partial charge in [0.05, 0.1) is 11.6 Å². The number of allylic oxidation sites excluding steroid dienone is 2. The number of fused-ring (bicyclic) bond motifs is 3. The van der Waals surface area contributed by atoms with Crippen LogP contribution in [0.25, 0.3) is 16.5 Å². The molecule has 17 heavy (non-hydrogen) atoms. The smallest absolute Gasteiger partial charge is 0.0944 e. The molecule has 1 heterocycles. The van der Waals surface area contributed by atoms with Crippen LogP contribution in [0.3, 0.4) is 0 Å². The molecule has 1 aliphatic carbocycles. The van der Waals surface area contributed by atoms with Gasteiger partial charge in [-0.3, -0.25) is 4.68 Å². The third kappa shape index (κ3) is 1.45. The van der Waals surface area contributed by atoms with Gasteiger partial charge in [-0.1, -0.05) is 11.6 Å². The van der Waals surface area contributed by atoms with Gasteiger partial charge in [-0.25, -0.2) is 0 Å². The van der Waals surface area contributed by atoms with Crippen LogP contribution in [0.4, 0.5) is 0 Å². The van der Waals surface area contributed by atoms with Crippen LogP contribution in [0.1, 0.15) is 17.5 Å². The van der Waals surface area contributed by atoms with E-state index in [4.69, 9.17) is 16.9 Å². The summed E-state index contributed by atoms with van der Waals surface area (Å²) in [5, 5.41) is 15.0. The molecule has 0 saturated heterocycles. The zero-order valence-electron chi connectivity index (χ0n) is 9.37. The van der Waals surface area contributed by atoms with Gasteiger partial charge in [-0.15, -0.1) is 0 Å². The number of nitriles is 1. The predicted molar refractivity (Wildman–Crippen MR) is 67.6 cm³/mol. The molecule has 1 aromatic heterocycles. The van der Waals surface area contributed by atoms with Crippen LogP contribution in [0, 0.1) is 11.3 Å². The fourth-order valence-electron chi connectivity index (χ4n) is 2.51. The van der Waals surface area contributed by atoms with E-state index in [1.165, 1.54) is 0 Å². The molecule has 2 aromatic rings. The van der Waals surface area contributed by atoms with Crippen LogP contribution >= 0.6 is 11.6 Å². The minimum Gasteiger partial charge on any atom is -0.275 e. The Hall–Kier alpha value is -1.79. The summed E-state index contributed by atoms with van der Waals surface area (Å²) in [4.78, 5) is 0. The minimum atomic E-state index is 0.757. The number of nitrogens with zero attached hydrogens (tertiary/aromatic N) is 3. The zero-order chi connectivity index (χ0) is 12.0. The van der Waals surface area contributed by atoms with E-state index in [1.54, 1.807) is 10.8 Å². The molecular weight excluding hydrogens is 234 g/mol. The maximum atomic E-state index is 8.82. The van der Waals surface area contributed by atoms with E-state index < -0.39 is 0 Å². The van der Waals surface area contributed by atoms with Crippen molar-refractivity contribution < 1.29 is 0 Å². The first-order chi connectivity index (χ1) is 8.20. The highest BCUT2D eigenvalue weighted by Gasteiger charge is 2.23. The Balaban J connectivity index is 2.42. The lowest BCUT2D eigenvalue weighted by molar-refractivity contribution is 0.780. The lowest BCUT2D eigenvalue weighted by atomic mass is 10.0. The molecule has 3 rings (SSSR count). The molecule has 0 amide bonds. The van der Waals surface area contributed by atoms with Crippen molar-refractivity contribution in [2.75, 3.05) is 0 Å². The SMILES string of the molecule is Cn1cc2c3c(c(Cl)cc2n1)CC/C3=C\C#N. The normalized spacial score (nSPS) is 16.4. The summed E-state index contributed by atoms with van der Waals surface area (Å²) in [7, 11) is 1.89. The maximum Gasteiger partial charge on any atom is 0.0944 e. The van der Waals surface area contributed by atoms with Crippen LogP contribution < -0.4 is 0 Å². The molecule has 3 nitrogen and oxygen atoms in total. The number of halogens is 1. The zero-order valence-corrected chi connectivity index (χ0v) is 10.1. The Morgan fingerprint density at radius 2 is 2.35 bits per heavy atom. The number of aromatic nitrogens is 2. The summed E-state index contributed by atoms with van der Waals surface area (Å²) in [6.45, 7) is 0. The first kappa shape index (κ1) is 10.4. The number of rotatable bonds is 0. The van der Waals surface area contributed by atoms with E-state index in [2.05, 4.69) is 11.2 Å². The fourth-order valence-corrected chi connectivity index (χ4v) is 2.80. The van der Waals surface area contributed by atoms with Crippen molar-refractivity contribution in [2.45, 2.75) is 12.8 Å². The maximum absolute atomic E-state index is 8.82. The van der Waals surface area contributed by atoms with Crippen molar-refractivity contribution in [3.05, 3.63) is 34.5 Å². The lowest BCUT2D eigenvalue weighted by Crippen LogP contribution is -1.85. The second-order valence-corrected chi connectivity index (χ2v) is 4.65. The van der Waals surface area contributed by atoms with Gasteiger partial charge in [0, 0.05) is 29.7 Å². The molecule has 0 unspecified atom stereocenters. The van der Waals surface area contributed by atoms with Crippen LogP contribution in [-0.2, 0) is 13.5 Å². The molecule has 0 bridgehead atoms. The highest BCUT2D eigenvalue weighted by molar-refractivity contribution is 6.32. The molecule has 0 saturated carbocycles. The van der Waals surface area contributed by atoms with Gasteiger partial charge in [0.2, 0.25) is 0 Å². The molecule has 0 radical (unpaired) electrons. The third-order valence-corrected chi connectivity index (χ3v) is 3.52. The molecular formula is C13H10ClN3. The molecule has 0 fully saturated rings. The van der Waals surface area contributed by atoms with Gasteiger partial charge in [0.1, 0.15) is 0 Å². The standard InChI is InChI=1S/C13H10ClN3/c1-17-7-10-12(16-17)6-11(14)9-3-2-8(4-5-15)13(9)10/h4,6-7H,2-3H2,1H3/b8-4+. The van der Waals surface area contributed by atoms with E-state index in [1.807, 2.05) is 19.3 Å². The second-order valence-electron chi connectivity index (χ2n) is 4.25. The van der Waals surface area contributed by atoms with Crippen LogP contribution in [0.5, 0.6) is 0 Å². The first-order valence-corrected chi connectivity index (χ1v) is 5.82. The largest absolute Gasteiger partial charge is 0.275 e. The van der Waals surface area contributed by atoms with Gasteiger partial charge in [0.15, 0.2) is 0 Å². The first-order valence-electron chi connectivity index (χ1n) is 5.44. The molecule has 84 valence electrons. The average Bonchev–Trinajstić information content (AvgIpc) is 2.82. The van der Waals surface area contributed by atoms with Gasteiger partial charge in [-0.2, -0.15) is 10.4 Å². The van der Waals surface area contributed by atoms with Crippen molar-refractivity contribution >= 4 is 28.1 Å². The number of benzene rings is 1. The Morgan fingerprint density at radius 1 is 1.53 bits per heavy atom. The molecule has 0 spiro atoms. The van der Waals surface area contributed by atoms with Crippen molar-refractivity contribution in [2.24, 2.45) is 7.05 Å². The summed E-state index contributed by atoms with van der Waals surface area (Å²) in [5.74, 6) is 0. The number of hydrogen-bond donors (Lipinski definition) is 0. The van der Waals surface area contributed by atoms with E-state index >= 15 is 0 Å². The van der Waals surface area contributed by atoms with Crippen molar-refractivity contribution in [1.29, 1.82) is 5.26 Å². The highest BCUT2D eigenvalue weighted by Crippen LogP contribution is 2.41. The van der Waals surface area contributed by atoms with Crippen LogP contribution in [0.15, 0.2) is 18.3 Å². The van der Waals surface area contributed by atoms with Crippen LogP contribution in [-0.4, -0.2) is 9.78 Å². The molecule has 1 aromatic carbocycles. The fraction of sp³-hybridized carbons (Fsp3) is 0.231. The van der Waals surface area contributed by atoms with E-state index in [0.717, 1.165) is 45.5 Å². The molecule has 0 aliphatic heterocycles. The monoisotopic (exact) mass is 243 g/mol. The average molecular weight is 244 g/mol. The number of aryl methyl sites for hydroxylation is 1. The molecule has 0 atom stereocenters. The topological polar surface area (TPSA) is 41.6 Å². The van der Waals surface area contributed by atoms with E-state index in [0.29, 0.717) is 0 Å². The molecule has 4 heteroatoms. The van der Waals surface area contributed by atoms with Gasteiger partial charge in [0.25, 0.3) is 0 Å². The Labute approximate surface area is 104 Å². The van der Waals surface area contributed by atoms with E-state index in [-0.39, 0.29) is 0 Å². The Bertz CT molecular complexity index is 689.